The molecular weight excluding hydrogens is 286 g/mol. The molecule has 0 unspecified atom stereocenters. The van der Waals surface area contributed by atoms with E-state index in [1.165, 1.54) is 20.9 Å². The van der Waals surface area contributed by atoms with Crippen LogP contribution < -0.4 is 0 Å². The van der Waals surface area contributed by atoms with Crippen molar-refractivity contribution in [2.75, 3.05) is 0 Å². The number of aliphatic imine (C=N–C) groups is 1. The lowest BCUT2D eigenvalue weighted by Gasteiger charge is -2.09. The first-order chi connectivity index (χ1) is 10.8. The molecule has 22 heavy (non-hydrogen) atoms. The molecule has 4 rings (SSSR count). The Hall–Kier alpha value is -2.32. The van der Waals surface area contributed by atoms with Gasteiger partial charge in [-0.1, -0.05) is 71.9 Å². The van der Waals surface area contributed by atoms with Gasteiger partial charge in [0.05, 0.1) is 11.4 Å². The van der Waals surface area contributed by atoms with Gasteiger partial charge in [0.25, 0.3) is 0 Å². The summed E-state index contributed by atoms with van der Waals surface area (Å²) in [5.41, 5.74) is 5.72. The molecule has 0 fully saturated rings. The van der Waals surface area contributed by atoms with Crippen LogP contribution in [0.2, 0.25) is 0 Å². The largest absolute Gasteiger partial charge is 0.247 e. The zero-order valence-electron chi connectivity index (χ0n) is 12.3. The molecule has 3 aromatic carbocycles. The van der Waals surface area contributed by atoms with Crippen molar-refractivity contribution >= 4 is 23.2 Å². The third kappa shape index (κ3) is 2.36. The Morgan fingerprint density at radius 3 is 2.23 bits per heavy atom. The quantitative estimate of drug-likeness (QED) is 0.444. The van der Waals surface area contributed by atoms with Gasteiger partial charge < -0.3 is 0 Å². The number of para-hydroxylation sites is 1. The maximum atomic E-state index is 4.98. The number of hydrogen-bond donors (Lipinski definition) is 0. The van der Waals surface area contributed by atoms with Crippen LogP contribution in [0.1, 0.15) is 16.7 Å². The topological polar surface area (TPSA) is 12.4 Å². The SMILES string of the molecule is Cc1ccc(C2=Nc3ccccc3Sc3ccccc32)cc1. The lowest BCUT2D eigenvalue weighted by Crippen LogP contribution is -2.03. The predicted octanol–water partition coefficient (Wildman–Crippen LogP) is 5.63. The van der Waals surface area contributed by atoms with Gasteiger partial charge in [0.1, 0.15) is 0 Å². The minimum Gasteiger partial charge on any atom is -0.247 e. The average Bonchev–Trinajstić information content (AvgIpc) is 2.72. The first kappa shape index (κ1) is 13.4. The molecule has 0 saturated carbocycles. The second-order valence-electron chi connectivity index (χ2n) is 5.39. The van der Waals surface area contributed by atoms with Gasteiger partial charge >= 0.3 is 0 Å². The van der Waals surface area contributed by atoms with E-state index in [0.717, 1.165) is 17.0 Å². The van der Waals surface area contributed by atoms with Crippen LogP contribution in [0.15, 0.2) is 87.6 Å². The van der Waals surface area contributed by atoms with Gasteiger partial charge in [-0.2, -0.15) is 0 Å². The number of fused-ring (bicyclic) bond motifs is 2. The Kier molecular flexibility index (Phi) is 3.32. The molecule has 1 aliphatic heterocycles. The fourth-order valence-electron chi connectivity index (χ4n) is 2.62. The van der Waals surface area contributed by atoms with Crippen LogP contribution in [-0.4, -0.2) is 5.71 Å². The maximum Gasteiger partial charge on any atom is 0.0793 e. The van der Waals surface area contributed by atoms with Crippen LogP contribution in [0.4, 0.5) is 5.69 Å². The third-order valence-corrected chi connectivity index (χ3v) is 4.93. The zero-order chi connectivity index (χ0) is 14.9. The molecule has 0 bridgehead atoms. The van der Waals surface area contributed by atoms with E-state index in [0.29, 0.717) is 0 Å². The summed E-state index contributed by atoms with van der Waals surface area (Å²) in [5.74, 6) is 0. The molecule has 0 atom stereocenters. The molecule has 106 valence electrons. The smallest absolute Gasteiger partial charge is 0.0793 e. The molecule has 1 aliphatic rings. The molecule has 0 N–H and O–H groups in total. The second-order valence-corrected chi connectivity index (χ2v) is 6.48. The van der Waals surface area contributed by atoms with Gasteiger partial charge in [-0.05, 0) is 25.1 Å². The predicted molar refractivity (Wildman–Crippen MR) is 93.5 cm³/mol. The molecule has 0 radical (unpaired) electrons. The summed E-state index contributed by atoms with van der Waals surface area (Å²) in [4.78, 5) is 7.44. The average molecular weight is 301 g/mol. The van der Waals surface area contributed by atoms with E-state index in [-0.39, 0.29) is 0 Å². The van der Waals surface area contributed by atoms with E-state index in [2.05, 4.69) is 73.7 Å². The Balaban J connectivity index is 1.98. The third-order valence-electron chi connectivity index (χ3n) is 3.78. The van der Waals surface area contributed by atoms with Crippen molar-refractivity contribution < 1.29 is 0 Å². The minimum absolute atomic E-state index is 1.04. The number of aryl methyl sites for hydroxylation is 1. The van der Waals surface area contributed by atoms with Crippen LogP contribution in [0.3, 0.4) is 0 Å². The van der Waals surface area contributed by atoms with Crippen molar-refractivity contribution in [3.63, 3.8) is 0 Å². The molecule has 0 amide bonds. The van der Waals surface area contributed by atoms with Gasteiger partial charge in [0, 0.05) is 20.9 Å². The van der Waals surface area contributed by atoms with Gasteiger partial charge in [0.2, 0.25) is 0 Å². The van der Waals surface area contributed by atoms with E-state index >= 15 is 0 Å². The van der Waals surface area contributed by atoms with Crippen LogP contribution in [0.5, 0.6) is 0 Å². The first-order valence-electron chi connectivity index (χ1n) is 7.33. The lowest BCUT2D eigenvalue weighted by atomic mass is 10.0. The molecule has 1 nitrogen and oxygen atoms in total. The van der Waals surface area contributed by atoms with Crippen molar-refractivity contribution in [3.05, 3.63) is 89.5 Å². The molecule has 2 heteroatoms. The molecule has 0 aliphatic carbocycles. The Morgan fingerprint density at radius 1 is 0.727 bits per heavy atom. The van der Waals surface area contributed by atoms with Gasteiger partial charge in [-0.3, -0.25) is 0 Å². The van der Waals surface area contributed by atoms with Crippen LogP contribution in [0, 0.1) is 6.92 Å². The van der Waals surface area contributed by atoms with E-state index < -0.39 is 0 Å². The highest BCUT2D eigenvalue weighted by Gasteiger charge is 2.17. The normalized spacial score (nSPS) is 12.9. The second kappa shape index (κ2) is 5.47. The number of benzene rings is 3. The maximum absolute atomic E-state index is 4.98. The summed E-state index contributed by atoms with van der Waals surface area (Å²) < 4.78 is 0. The Morgan fingerprint density at radius 2 is 1.41 bits per heavy atom. The highest BCUT2D eigenvalue weighted by Crippen LogP contribution is 2.40. The summed E-state index contributed by atoms with van der Waals surface area (Å²) in [6.07, 6.45) is 0. The van der Waals surface area contributed by atoms with Crippen molar-refractivity contribution in [1.29, 1.82) is 0 Å². The highest BCUT2D eigenvalue weighted by molar-refractivity contribution is 7.99. The molecular formula is C20H15NS. The summed E-state index contributed by atoms with van der Waals surface area (Å²) >= 11 is 1.79. The van der Waals surface area contributed by atoms with Gasteiger partial charge in [-0.15, -0.1) is 0 Å². The van der Waals surface area contributed by atoms with Crippen molar-refractivity contribution in [1.82, 2.24) is 0 Å². The number of rotatable bonds is 1. The minimum atomic E-state index is 1.04. The number of nitrogens with zero attached hydrogens (tertiary/aromatic N) is 1. The molecule has 1 heterocycles. The molecule has 0 spiro atoms. The van der Waals surface area contributed by atoms with Gasteiger partial charge in [-0.25, -0.2) is 4.99 Å². The van der Waals surface area contributed by atoms with Crippen molar-refractivity contribution in [2.45, 2.75) is 16.7 Å². The van der Waals surface area contributed by atoms with Crippen LogP contribution in [-0.2, 0) is 0 Å². The fourth-order valence-corrected chi connectivity index (χ4v) is 3.64. The zero-order valence-corrected chi connectivity index (χ0v) is 13.1. The first-order valence-corrected chi connectivity index (χ1v) is 8.15. The van der Waals surface area contributed by atoms with E-state index in [4.69, 9.17) is 4.99 Å². The van der Waals surface area contributed by atoms with E-state index in [9.17, 15) is 0 Å². The summed E-state index contributed by atoms with van der Waals surface area (Å²) in [6, 6.07) is 25.4. The summed E-state index contributed by atoms with van der Waals surface area (Å²) in [6.45, 7) is 2.11. The summed E-state index contributed by atoms with van der Waals surface area (Å²) in [5, 5.41) is 0. The Labute approximate surface area is 134 Å². The molecule has 0 aromatic heterocycles. The molecule has 3 aromatic rings. The van der Waals surface area contributed by atoms with Crippen molar-refractivity contribution in [3.8, 4) is 0 Å². The fraction of sp³-hybridized carbons (Fsp3) is 0.0500. The number of hydrogen-bond acceptors (Lipinski definition) is 2. The standard InChI is InChI=1S/C20H15NS/c1-14-10-12-15(13-11-14)20-16-6-2-4-8-18(16)22-19-9-5-3-7-17(19)21-20/h2-13H,1H3. The van der Waals surface area contributed by atoms with E-state index in [1.54, 1.807) is 11.8 Å². The monoisotopic (exact) mass is 301 g/mol. The van der Waals surface area contributed by atoms with Crippen molar-refractivity contribution in [2.24, 2.45) is 4.99 Å². The summed E-state index contributed by atoms with van der Waals surface area (Å²) in [7, 11) is 0. The van der Waals surface area contributed by atoms with Crippen LogP contribution >= 0.6 is 11.8 Å². The van der Waals surface area contributed by atoms with E-state index in [1.807, 2.05) is 6.07 Å². The lowest BCUT2D eigenvalue weighted by molar-refractivity contribution is 1.37. The Bertz CT molecular complexity index is 863. The van der Waals surface area contributed by atoms with Gasteiger partial charge in [0.15, 0.2) is 0 Å². The van der Waals surface area contributed by atoms with Crippen LogP contribution in [0.25, 0.3) is 0 Å². The molecule has 0 saturated heterocycles. The highest BCUT2D eigenvalue weighted by atomic mass is 32.2.